The Morgan fingerprint density at radius 1 is 1.39 bits per heavy atom. The number of rotatable bonds is 7. The number of amides is 2. The number of carbonyl (C=O) groups excluding carboxylic acids is 2. The number of unbranched alkanes of at least 4 members (excludes halogenated alkanes) is 2. The summed E-state index contributed by atoms with van der Waals surface area (Å²) in [6.45, 7) is 2.52. The molecule has 0 aromatic heterocycles. The third-order valence-electron chi connectivity index (χ3n) is 3.51. The lowest BCUT2D eigenvalue weighted by atomic mass is 10.1. The van der Waals surface area contributed by atoms with Crippen molar-refractivity contribution in [1.82, 2.24) is 4.90 Å². The number of anilines is 1. The predicted molar refractivity (Wildman–Crippen MR) is 99.9 cm³/mol. The van der Waals surface area contributed by atoms with E-state index >= 15 is 0 Å². The van der Waals surface area contributed by atoms with Crippen LogP contribution in [0.25, 0.3) is 0 Å². The molecule has 1 aliphatic rings. The van der Waals surface area contributed by atoms with Gasteiger partial charge in [0.2, 0.25) is 11.8 Å². The van der Waals surface area contributed by atoms with Crippen LogP contribution in [0.3, 0.4) is 0 Å². The number of thioether (sulfide) groups is 1. The molecular formula is C16H19ClN2O2S2. The normalized spacial score (nSPS) is 17.7. The second-order valence-corrected chi connectivity index (χ2v) is 7.80. The topological polar surface area (TPSA) is 49.4 Å². The summed E-state index contributed by atoms with van der Waals surface area (Å²) in [4.78, 5) is 25.4. The first-order chi connectivity index (χ1) is 11.0. The first-order valence-corrected chi connectivity index (χ1v) is 9.21. The van der Waals surface area contributed by atoms with E-state index in [1.807, 2.05) is 13.0 Å². The molecule has 1 saturated heterocycles. The zero-order chi connectivity index (χ0) is 16.8. The minimum absolute atomic E-state index is 0.0239. The fourth-order valence-corrected chi connectivity index (χ4v) is 3.94. The van der Waals surface area contributed by atoms with Crippen LogP contribution in [0.1, 0.15) is 32.6 Å². The van der Waals surface area contributed by atoms with E-state index in [0.717, 1.165) is 19.3 Å². The third kappa shape index (κ3) is 5.48. The molecule has 4 nitrogen and oxygen atoms in total. The van der Waals surface area contributed by atoms with Gasteiger partial charge in [-0.2, -0.15) is 0 Å². The molecular weight excluding hydrogens is 352 g/mol. The Kier molecular flexibility index (Phi) is 6.87. The van der Waals surface area contributed by atoms with Crippen molar-refractivity contribution in [2.75, 3.05) is 11.9 Å². The summed E-state index contributed by atoms with van der Waals surface area (Å²) < 4.78 is 0.668. The fraction of sp³-hybridized carbons (Fsp3) is 0.438. The van der Waals surface area contributed by atoms with Gasteiger partial charge in [0.05, 0.1) is 5.25 Å². The largest absolute Gasteiger partial charge is 0.326 e. The van der Waals surface area contributed by atoms with E-state index in [1.165, 1.54) is 11.8 Å². The van der Waals surface area contributed by atoms with Crippen LogP contribution in [-0.2, 0) is 9.59 Å². The maximum Gasteiger partial charge on any atom is 0.241 e. The molecule has 1 aliphatic heterocycles. The van der Waals surface area contributed by atoms with Crippen molar-refractivity contribution < 1.29 is 9.59 Å². The summed E-state index contributed by atoms with van der Waals surface area (Å²) in [6.07, 6.45) is 2.97. The van der Waals surface area contributed by atoms with Crippen molar-refractivity contribution >= 4 is 57.4 Å². The average Bonchev–Trinajstić information content (AvgIpc) is 2.73. The smallest absolute Gasteiger partial charge is 0.241 e. The second kappa shape index (κ2) is 8.66. The van der Waals surface area contributed by atoms with Crippen LogP contribution >= 0.6 is 35.6 Å². The number of hydrogen-bond acceptors (Lipinski definition) is 4. The van der Waals surface area contributed by atoms with Gasteiger partial charge in [0.25, 0.3) is 0 Å². The van der Waals surface area contributed by atoms with Gasteiger partial charge in [-0.1, -0.05) is 48.1 Å². The maximum atomic E-state index is 11.9. The van der Waals surface area contributed by atoms with Crippen LogP contribution in [-0.4, -0.2) is 32.8 Å². The van der Waals surface area contributed by atoms with Crippen LogP contribution in [0.2, 0.25) is 5.02 Å². The van der Waals surface area contributed by atoms with Crippen LogP contribution in [0.15, 0.2) is 24.3 Å². The highest BCUT2D eigenvalue weighted by atomic mass is 35.5. The van der Waals surface area contributed by atoms with Crippen molar-refractivity contribution in [3.05, 3.63) is 29.3 Å². The van der Waals surface area contributed by atoms with Gasteiger partial charge in [-0.15, -0.1) is 0 Å². The molecule has 0 saturated carbocycles. The Morgan fingerprint density at radius 3 is 2.83 bits per heavy atom. The Bertz CT molecular complexity index is 609. The Morgan fingerprint density at radius 2 is 2.17 bits per heavy atom. The average molecular weight is 371 g/mol. The zero-order valence-electron chi connectivity index (χ0n) is 12.9. The van der Waals surface area contributed by atoms with Gasteiger partial charge < -0.3 is 5.32 Å². The minimum atomic E-state index is -0.0639. The van der Waals surface area contributed by atoms with Crippen LogP contribution < -0.4 is 5.32 Å². The van der Waals surface area contributed by atoms with Crippen LogP contribution in [0, 0.1) is 0 Å². The summed E-state index contributed by atoms with van der Waals surface area (Å²) in [6, 6.07) is 7.09. The predicted octanol–water partition coefficient (Wildman–Crippen LogP) is 4.09. The molecule has 23 heavy (non-hydrogen) atoms. The number of hydrogen-bond donors (Lipinski definition) is 1. The minimum Gasteiger partial charge on any atom is -0.326 e. The van der Waals surface area contributed by atoms with Gasteiger partial charge >= 0.3 is 0 Å². The molecule has 1 N–H and O–H groups in total. The van der Waals surface area contributed by atoms with Gasteiger partial charge in [-0.3, -0.25) is 14.5 Å². The SMILES string of the molecule is CC1SC(=S)N(CCCCCC(=O)Nc2cccc(Cl)c2)C1=O. The van der Waals surface area contributed by atoms with E-state index in [9.17, 15) is 9.59 Å². The van der Waals surface area contributed by atoms with Crippen LogP contribution in [0.5, 0.6) is 0 Å². The number of halogens is 1. The molecule has 1 aromatic carbocycles. The molecule has 1 heterocycles. The van der Waals surface area contributed by atoms with E-state index in [0.29, 0.717) is 28.0 Å². The Labute approximate surface area is 150 Å². The van der Waals surface area contributed by atoms with Crippen LogP contribution in [0.4, 0.5) is 5.69 Å². The monoisotopic (exact) mass is 370 g/mol. The zero-order valence-corrected chi connectivity index (χ0v) is 15.3. The van der Waals surface area contributed by atoms with E-state index in [2.05, 4.69) is 5.32 Å². The summed E-state index contributed by atoms with van der Waals surface area (Å²) in [5.74, 6) is 0.0721. The van der Waals surface area contributed by atoms with Crippen molar-refractivity contribution in [3.8, 4) is 0 Å². The highest BCUT2D eigenvalue weighted by molar-refractivity contribution is 8.24. The summed E-state index contributed by atoms with van der Waals surface area (Å²) in [5, 5.41) is 3.36. The first kappa shape index (κ1) is 18.2. The van der Waals surface area contributed by atoms with E-state index in [1.54, 1.807) is 23.1 Å². The summed E-state index contributed by atoms with van der Waals surface area (Å²) >= 11 is 12.5. The Hall–Kier alpha value is -1.11. The summed E-state index contributed by atoms with van der Waals surface area (Å²) in [7, 11) is 0. The molecule has 0 aliphatic carbocycles. The van der Waals surface area contributed by atoms with Crippen molar-refractivity contribution in [2.24, 2.45) is 0 Å². The Balaban J connectivity index is 1.63. The molecule has 1 fully saturated rings. The maximum absolute atomic E-state index is 11.9. The molecule has 7 heteroatoms. The molecule has 0 spiro atoms. The number of nitrogens with zero attached hydrogens (tertiary/aromatic N) is 1. The number of carbonyl (C=O) groups is 2. The van der Waals surface area contributed by atoms with E-state index in [4.69, 9.17) is 23.8 Å². The summed E-state index contributed by atoms with van der Waals surface area (Å²) in [5.41, 5.74) is 0.710. The van der Waals surface area contributed by atoms with Crippen molar-refractivity contribution in [3.63, 3.8) is 0 Å². The lowest BCUT2D eigenvalue weighted by Gasteiger charge is -2.14. The molecule has 124 valence electrons. The van der Waals surface area contributed by atoms with E-state index in [-0.39, 0.29) is 17.1 Å². The highest BCUT2D eigenvalue weighted by Gasteiger charge is 2.32. The van der Waals surface area contributed by atoms with Crippen molar-refractivity contribution in [1.29, 1.82) is 0 Å². The second-order valence-electron chi connectivity index (χ2n) is 5.39. The molecule has 0 bridgehead atoms. The molecule has 2 amide bonds. The number of nitrogens with one attached hydrogen (secondary N) is 1. The molecule has 1 unspecified atom stereocenters. The third-order valence-corrected chi connectivity index (χ3v) is 5.23. The fourth-order valence-electron chi connectivity index (χ4n) is 2.30. The standard InChI is InChI=1S/C16H19ClN2O2S2/c1-11-15(21)19(16(22)23-11)9-4-2-3-8-14(20)18-13-7-5-6-12(17)10-13/h5-7,10-11H,2-4,8-9H2,1H3,(H,18,20). The lowest BCUT2D eigenvalue weighted by Crippen LogP contribution is -2.31. The van der Waals surface area contributed by atoms with Gasteiger partial charge in [-0.25, -0.2) is 0 Å². The highest BCUT2D eigenvalue weighted by Crippen LogP contribution is 2.27. The van der Waals surface area contributed by atoms with Gasteiger partial charge in [0, 0.05) is 23.7 Å². The van der Waals surface area contributed by atoms with Crippen molar-refractivity contribution in [2.45, 2.75) is 37.9 Å². The lowest BCUT2D eigenvalue weighted by molar-refractivity contribution is -0.125. The molecule has 1 aromatic rings. The first-order valence-electron chi connectivity index (χ1n) is 7.55. The molecule has 2 rings (SSSR count). The molecule has 0 radical (unpaired) electrons. The molecule has 1 atom stereocenters. The van der Waals surface area contributed by atoms with Gasteiger partial charge in [0.1, 0.15) is 4.32 Å². The number of thiocarbonyl (C=S) groups is 1. The van der Waals surface area contributed by atoms with Gasteiger partial charge in [0.15, 0.2) is 0 Å². The quantitative estimate of drug-likeness (QED) is 0.580. The number of benzene rings is 1. The van der Waals surface area contributed by atoms with E-state index < -0.39 is 0 Å². The van der Waals surface area contributed by atoms with Gasteiger partial charge in [-0.05, 0) is 38.0 Å².